The highest BCUT2D eigenvalue weighted by molar-refractivity contribution is 5.85. The SMILES string of the molecule is CC(C)(C)OC(=O)Nc1ccc(CNC(=O)C2CCC(C(=O)NCc3ccc(NC(=O)OC(C)(C)C)cc3)CC2)cc1. The molecule has 0 unspecified atom stereocenters. The molecule has 1 fully saturated rings. The van der Waals surface area contributed by atoms with Crippen molar-refractivity contribution in [2.75, 3.05) is 10.6 Å². The van der Waals surface area contributed by atoms with E-state index in [1.54, 1.807) is 65.8 Å². The number of nitrogens with one attached hydrogen (secondary N) is 4. The van der Waals surface area contributed by atoms with E-state index < -0.39 is 23.4 Å². The lowest BCUT2D eigenvalue weighted by Gasteiger charge is -2.27. The van der Waals surface area contributed by atoms with Crippen molar-refractivity contribution in [2.24, 2.45) is 11.8 Å². The molecule has 0 aromatic heterocycles. The van der Waals surface area contributed by atoms with Crippen LogP contribution in [0.1, 0.15) is 78.4 Å². The van der Waals surface area contributed by atoms with Gasteiger partial charge in [-0.2, -0.15) is 0 Å². The Morgan fingerprint density at radius 3 is 1.19 bits per heavy atom. The van der Waals surface area contributed by atoms with Crippen molar-refractivity contribution in [1.29, 1.82) is 0 Å². The van der Waals surface area contributed by atoms with E-state index in [1.165, 1.54) is 0 Å². The predicted octanol–water partition coefficient (Wildman–Crippen LogP) is 6.12. The molecule has 0 radical (unpaired) electrons. The van der Waals surface area contributed by atoms with Gasteiger partial charge in [-0.05, 0) is 103 Å². The first kappa shape index (κ1) is 32.4. The van der Waals surface area contributed by atoms with Crippen molar-refractivity contribution in [3.05, 3.63) is 59.7 Å². The number of benzene rings is 2. The monoisotopic (exact) mass is 580 g/mol. The molecule has 1 aliphatic carbocycles. The summed E-state index contributed by atoms with van der Waals surface area (Å²) in [5.41, 5.74) is 1.91. The van der Waals surface area contributed by atoms with E-state index in [0.717, 1.165) is 11.1 Å². The minimum Gasteiger partial charge on any atom is -0.444 e. The summed E-state index contributed by atoms with van der Waals surface area (Å²) in [5.74, 6) is -0.255. The molecule has 0 heterocycles. The van der Waals surface area contributed by atoms with Crippen LogP contribution in [0.25, 0.3) is 0 Å². The van der Waals surface area contributed by atoms with Crippen LogP contribution in [-0.4, -0.2) is 35.2 Å². The molecule has 4 N–H and O–H groups in total. The first-order chi connectivity index (χ1) is 19.7. The Kier molecular flexibility index (Phi) is 11.0. The van der Waals surface area contributed by atoms with E-state index in [-0.39, 0.29) is 23.7 Å². The fourth-order valence-electron chi connectivity index (χ4n) is 4.54. The van der Waals surface area contributed by atoms with Gasteiger partial charge in [0, 0.05) is 36.3 Å². The summed E-state index contributed by atoms with van der Waals surface area (Å²) in [5, 5.41) is 11.4. The minimum atomic E-state index is -0.574. The second-order valence-corrected chi connectivity index (χ2v) is 12.6. The van der Waals surface area contributed by atoms with Crippen LogP contribution in [0.15, 0.2) is 48.5 Å². The van der Waals surface area contributed by atoms with Gasteiger partial charge in [0.25, 0.3) is 0 Å². The van der Waals surface area contributed by atoms with Crippen LogP contribution >= 0.6 is 0 Å². The molecular weight excluding hydrogens is 536 g/mol. The molecule has 0 aliphatic heterocycles. The van der Waals surface area contributed by atoms with Crippen LogP contribution in [-0.2, 0) is 32.2 Å². The zero-order valence-corrected chi connectivity index (χ0v) is 25.5. The second-order valence-electron chi connectivity index (χ2n) is 12.6. The largest absolute Gasteiger partial charge is 0.444 e. The third kappa shape index (κ3) is 11.4. The molecule has 0 bridgehead atoms. The maximum absolute atomic E-state index is 12.7. The van der Waals surface area contributed by atoms with E-state index in [2.05, 4.69) is 21.3 Å². The van der Waals surface area contributed by atoms with Gasteiger partial charge in [0.2, 0.25) is 11.8 Å². The molecule has 10 nitrogen and oxygen atoms in total. The molecule has 228 valence electrons. The Labute approximate surface area is 248 Å². The first-order valence-corrected chi connectivity index (χ1v) is 14.4. The fraction of sp³-hybridized carbons (Fsp3) is 0.500. The van der Waals surface area contributed by atoms with Gasteiger partial charge in [-0.1, -0.05) is 24.3 Å². The third-order valence-corrected chi connectivity index (χ3v) is 6.60. The average molecular weight is 581 g/mol. The van der Waals surface area contributed by atoms with Crippen molar-refractivity contribution in [3.8, 4) is 0 Å². The Bertz CT molecular complexity index is 1120. The average Bonchev–Trinajstić information content (AvgIpc) is 2.90. The van der Waals surface area contributed by atoms with Crippen molar-refractivity contribution in [3.63, 3.8) is 0 Å². The molecule has 1 aliphatic rings. The third-order valence-electron chi connectivity index (χ3n) is 6.60. The smallest absolute Gasteiger partial charge is 0.412 e. The molecule has 3 rings (SSSR count). The van der Waals surface area contributed by atoms with Crippen LogP contribution in [0.3, 0.4) is 0 Å². The van der Waals surface area contributed by atoms with Gasteiger partial charge in [-0.3, -0.25) is 20.2 Å². The number of hydrogen-bond donors (Lipinski definition) is 4. The zero-order chi connectivity index (χ0) is 30.9. The highest BCUT2D eigenvalue weighted by Crippen LogP contribution is 2.29. The number of carbonyl (C=O) groups excluding carboxylic acids is 4. The summed E-state index contributed by atoms with van der Waals surface area (Å²) >= 11 is 0. The lowest BCUT2D eigenvalue weighted by molar-refractivity contribution is -0.130. The van der Waals surface area contributed by atoms with E-state index in [4.69, 9.17) is 9.47 Å². The summed E-state index contributed by atoms with van der Waals surface area (Å²) in [4.78, 5) is 49.3. The number of ether oxygens (including phenoxy) is 2. The molecular formula is C32H44N4O6. The minimum absolute atomic E-state index is 0.00936. The van der Waals surface area contributed by atoms with Gasteiger partial charge < -0.3 is 20.1 Å². The van der Waals surface area contributed by atoms with E-state index >= 15 is 0 Å². The number of amides is 4. The van der Waals surface area contributed by atoms with Crippen molar-refractivity contribution < 1.29 is 28.7 Å². The van der Waals surface area contributed by atoms with Crippen LogP contribution in [0.5, 0.6) is 0 Å². The maximum atomic E-state index is 12.7. The Morgan fingerprint density at radius 2 is 0.905 bits per heavy atom. The molecule has 10 heteroatoms. The van der Waals surface area contributed by atoms with Crippen molar-refractivity contribution in [2.45, 2.75) is 91.5 Å². The number of hydrogen-bond acceptors (Lipinski definition) is 6. The Balaban J connectivity index is 1.35. The zero-order valence-electron chi connectivity index (χ0n) is 25.5. The standard InChI is InChI=1S/C32H44N4O6/c1-31(2,3)41-29(39)35-25-15-7-21(8-16-25)19-33-27(37)23-11-13-24(14-12-23)28(38)34-20-22-9-17-26(18-10-22)36-30(40)42-32(4,5)6/h7-10,15-18,23-24H,11-14,19-20H2,1-6H3,(H,33,37)(H,34,38)(H,35,39)(H,36,40). The van der Waals surface area contributed by atoms with E-state index in [0.29, 0.717) is 50.1 Å². The number of anilines is 2. The molecule has 42 heavy (non-hydrogen) atoms. The molecule has 1 saturated carbocycles. The normalized spacial score (nSPS) is 17.0. The Hall–Kier alpha value is -4.08. The molecule has 0 atom stereocenters. The summed E-state index contributed by atoms with van der Waals surface area (Å²) in [6, 6.07) is 14.5. The van der Waals surface area contributed by atoms with Crippen LogP contribution in [0.4, 0.5) is 21.0 Å². The van der Waals surface area contributed by atoms with E-state index in [9.17, 15) is 19.2 Å². The highest BCUT2D eigenvalue weighted by Gasteiger charge is 2.29. The van der Waals surface area contributed by atoms with Gasteiger partial charge >= 0.3 is 12.2 Å². The maximum Gasteiger partial charge on any atom is 0.412 e. The molecule has 4 amide bonds. The second kappa shape index (κ2) is 14.2. The molecule has 2 aromatic rings. The van der Waals surface area contributed by atoms with Gasteiger partial charge in [0.05, 0.1) is 0 Å². The summed E-state index contributed by atoms with van der Waals surface area (Å²) in [6.45, 7) is 11.6. The summed E-state index contributed by atoms with van der Waals surface area (Å²) in [6.07, 6.45) is 1.61. The molecule has 0 spiro atoms. The van der Waals surface area contributed by atoms with Crippen LogP contribution in [0.2, 0.25) is 0 Å². The lowest BCUT2D eigenvalue weighted by Crippen LogP contribution is -2.37. The van der Waals surface area contributed by atoms with E-state index in [1.807, 2.05) is 24.3 Å². The van der Waals surface area contributed by atoms with Gasteiger partial charge in [-0.15, -0.1) is 0 Å². The molecule has 0 saturated heterocycles. The van der Waals surface area contributed by atoms with Crippen LogP contribution in [0, 0.1) is 11.8 Å². The summed E-state index contributed by atoms with van der Waals surface area (Å²) < 4.78 is 10.5. The van der Waals surface area contributed by atoms with Gasteiger partial charge in [0.15, 0.2) is 0 Å². The number of rotatable bonds is 8. The lowest BCUT2D eigenvalue weighted by atomic mass is 9.81. The van der Waals surface area contributed by atoms with Crippen molar-refractivity contribution in [1.82, 2.24) is 10.6 Å². The fourth-order valence-corrected chi connectivity index (χ4v) is 4.54. The Morgan fingerprint density at radius 1 is 0.595 bits per heavy atom. The van der Waals surface area contributed by atoms with Gasteiger partial charge in [-0.25, -0.2) is 9.59 Å². The summed E-state index contributed by atoms with van der Waals surface area (Å²) in [7, 11) is 0. The quantitative estimate of drug-likeness (QED) is 0.297. The molecule has 2 aromatic carbocycles. The highest BCUT2D eigenvalue weighted by atomic mass is 16.6. The van der Waals surface area contributed by atoms with Gasteiger partial charge in [0.1, 0.15) is 11.2 Å². The number of carbonyl (C=O) groups is 4. The van der Waals surface area contributed by atoms with Crippen molar-refractivity contribution >= 4 is 35.4 Å². The predicted molar refractivity (Wildman–Crippen MR) is 162 cm³/mol. The van der Waals surface area contributed by atoms with Crippen LogP contribution < -0.4 is 21.3 Å². The first-order valence-electron chi connectivity index (χ1n) is 14.4. The topological polar surface area (TPSA) is 135 Å².